The number of halogens is 1. The second kappa shape index (κ2) is 8.23. The van der Waals surface area contributed by atoms with Gasteiger partial charge in [-0.1, -0.05) is 12.1 Å². The minimum absolute atomic E-state index is 0.0707. The molecule has 5 nitrogen and oxygen atoms in total. The molecule has 2 aromatic carbocycles. The summed E-state index contributed by atoms with van der Waals surface area (Å²) in [6.07, 6.45) is 1.36. The van der Waals surface area contributed by atoms with Crippen molar-refractivity contribution in [3.63, 3.8) is 0 Å². The van der Waals surface area contributed by atoms with Gasteiger partial charge in [0.25, 0.3) is 0 Å². The van der Waals surface area contributed by atoms with E-state index in [9.17, 15) is 14.0 Å². The van der Waals surface area contributed by atoms with Crippen LogP contribution in [0.5, 0.6) is 5.75 Å². The van der Waals surface area contributed by atoms with E-state index < -0.39 is 0 Å². The molecule has 3 rings (SSSR count). The summed E-state index contributed by atoms with van der Waals surface area (Å²) in [6, 6.07) is 11.5. The predicted molar refractivity (Wildman–Crippen MR) is 100 cm³/mol. The molecular weight excluding hydrogens is 355 g/mol. The average Bonchev–Trinajstić information content (AvgIpc) is 3.06. The second-order valence-corrected chi connectivity index (χ2v) is 6.82. The lowest BCUT2D eigenvalue weighted by Crippen LogP contribution is -2.24. The van der Waals surface area contributed by atoms with Gasteiger partial charge in [0.15, 0.2) is 0 Å². The normalized spacial score (nSPS) is 13.8. The number of benzene rings is 2. The van der Waals surface area contributed by atoms with Crippen LogP contribution in [0, 0.1) is 5.82 Å². The molecule has 0 saturated carbocycles. The average molecular weight is 374 g/mol. The number of anilines is 2. The molecule has 1 fully saturated rings. The molecule has 0 bridgehead atoms. The van der Waals surface area contributed by atoms with Crippen molar-refractivity contribution in [2.45, 2.75) is 17.7 Å². The van der Waals surface area contributed by atoms with Crippen LogP contribution in [-0.2, 0) is 9.59 Å². The number of methoxy groups -OCH3 is 1. The van der Waals surface area contributed by atoms with Crippen molar-refractivity contribution < 1.29 is 18.7 Å². The van der Waals surface area contributed by atoms with Crippen LogP contribution in [0.1, 0.15) is 12.8 Å². The van der Waals surface area contributed by atoms with E-state index in [1.54, 1.807) is 41.3 Å². The number of hydrogen-bond acceptors (Lipinski definition) is 4. The van der Waals surface area contributed by atoms with Crippen LogP contribution in [0.3, 0.4) is 0 Å². The molecular formula is C19H19FN2O3S. The van der Waals surface area contributed by atoms with Crippen LogP contribution >= 0.6 is 11.8 Å². The summed E-state index contributed by atoms with van der Waals surface area (Å²) in [7, 11) is 1.53. The lowest BCUT2D eigenvalue weighted by Gasteiger charge is -2.19. The standard InChI is InChI=1S/C19H19FN2O3S/c1-25-16-11-13(8-9-15(16)22-10-4-7-19(22)24)21-18(23)12-26-17-6-3-2-5-14(17)20/h2-3,5-6,8-9,11H,4,7,10,12H2,1H3,(H,21,23). The molecule has 1 aliphatic heterocycles. The zero-order chi connectivity index (χ0) is 18.5. The summed E-state index contributed by atoms with van der Waals surface area (Å²) >= 11 is 1.14. The fourth-order valence-electron chi connectivity index (χ4n) is 2.78. The molecule has 1 aliphatic rings. The maximum absolute atomic E-state index is 13.6. The molecule has 2 amide bonds. The van der Waals surface area contributed by atoms with Gasteiger partial charge in [0.05, 0.1) is 18.6 Å². The number of thioether (sulfide) groups is 1. The fraction of sp³-hybridized carbons (Fsp3) is 0.263. The third kappa shape index (κ3) is 4.16. The summed E-state index contributed by atoms with van der Waals surface area (Å²) in [6.45, 7) is 0.667. The molecule has 2 aromatic rings. The Morgan fingerprint density at radius 1 is 1.31 bits per heavy atom. The molecule has 7 heteroatoms. The monoisotopic (exact) mass is 374 g/mol. The minimum atomic E-state index is -0.341. The van der Waals surface area contributed by atoms with E-state index >= 15 is 0 Å². The molecule has 0 unspecified atom stereocenters. The first-order valence-corrected chi connectivity index (χ1v) is 9.22. The third-order valence-corrected chi connectivity index (χ3v) is 5.07. The first-order chi connectivity index (χ1) is 12.6. The Balaban J connectivity index is 1.65. The van der Waals surface area contributed by atoms with Gasteiger partial charge in [-0.2, -0.15) is 0 Å². The Morgan fingerprint density at radius 3 is 2.81 bits per heavy atom. The molecule has 26 heavy (non-hydrogen) atoms. The summed E-state index contributed by atoms with van der Waals surface area (Å²) < 4.78 is 19.0. The third-order valence-electron chi connectivity index (χ3n) is 4.02. The van der Waals surface area contributed by atoms with Crippen LogP contribution < -0.4 is 15.0 Å². The Labute approximate surface area is 155 Å². The van der Waals surface area contributed by atoms with Gasteiger partial charge in [-0.15, -0.1) is 11.8 Å². The highest BCUT2D eigenvalue weighted by Crippen LogP contribution is 2.34. The summed E-state index contributed by atoms with van der Waals surface area (Å²) in [5, 5.41) is 2.77. The van der Waals surface area contributed by atoms with Gasteiger partial charge in [-0.25, -0.2) is 4.39 Å². The smallest absolute Gasteiger partial charge is 0.234 e. The largest absolute Gasteiger partial charge is 0.494 e. The predicted octanol–water partition coefficient (Wildman–Crippen LogP) is 3.69. The van der Waals surface area contributed by atoms with Crippen molar-refractivity contribution in [2.24, 2.45) is 0 Å². The maximum atomic E-state index is 13.6. The second-order valence-electron chi connectivity index (χ2n) is 5.80. The molecule has 1 saturated heterocycles. The quantitative estimate of drug-likeness (QED) is 0.784. The summed E-state index contributed by atoms with van der Waals surface area (Å²) in [5.74, 6) is 0.105. The van der Waals surface area contributed by atoms with E-state index in [2.05, 4.69) is 5.32 Å². The fourth-order valence-corrected chi connectivity index (χ4v) is 3.52. The minimum Gasteiger partial charge on any atom is -0.494 e. The van der Waals surface area contributed by atoms with Crippen LogP contribution in [-0.4, -0.2) is 31.2 Å². The topological polar surface area (TPSA) is 58.6 Å². The number of carbonyl (C=O) groups is 2. The molecule has 0 spiro atoms. The van der Waals surface area contributed by atoms with E-state index in [1.165, 1.54) is 13.2 Å². The first kappa shape index (κ1) is 18.3. The molecule has 1 heterocycles. The maximum Gasteiger partial charge on any atom is 0.234 e. The number of hydrogen-bond donors (Lipinski definition) is 1. The number of rotatable bonds is 6. The lowest BCUT2D eigenvalue weighted by atomic mass is 10.2. The van der Waals surface area contributed by atoms with E-state index in [0.29, 0.717) is 35.0 Å². The van der Waals surface area contributed by atoms with E-state index in [1.807, 2.05) is 0 Å². The summed E-state index contributed by atoms with van der Waals surface area (Å²) in [4.78, 5) is 26.2. The Morgan fingerprint density at radius 2 is 2.12 bits per heavy atom. The van der Waals surface area contributed by atoms with E-state index in [0.717, 1.165) is 18.2 Å². The van der Waals surface area contributed by atoms with Crippen molar-refractivity contribution in [3.05, 3.63) is 48.3 Å². The van der Waals surface area contributed by atoms with E-state index in [-0.39, 0.29) is 23.4 Å². The van der Waals surface area contributed by atoms with Gasteiger partial charge in [0.2, 0.25) is 11.8 Å². The van der Waals surface area contributed by atoms with Gasteiger partial charge in [-0.3, -0.25) is 9.59 Å². The SMILES string of the molecule is COc1cc(NC(=O)CSc2ccccc2F)ccc1N1CCCC1=O. The molecule has 136 valence electrons. The van der Waals surface area contributed by atoms with Crippen LogP contribution in [0.4, 0.5) is 15.8 Å². The van der Waals surface area contributed by atoms with Crippen LogP contribution in [0.15, 0.2) is 47.4 Å². The van der Waals surface area contributed by atoms with Gasteiger partial charge < -0.3 is 15.0 Å². The lowest BCUT2D eigenvalue weighted by molar-refractivity contribution is -0.117. The number of ether oxygens (including phenoxy) is 1. The van der Waals surface area contributed by atoms with Crippen LogP contribution in [0.2, 0.25) is 0 Å². The molecule has 0 aliphatic carbocycles. The highest BCUT2D eigenvalue weighted by Gasteiger charge is 2.24. The van der Waals surface area contributed by atoms with Crippen LogP contribution in [0.25, 0.3) is 0 Å². The number of amides is 2. The van der Waals surface area contributed by atoms with Gasteiger partial charge in [-0.05, 0) is 30.7 Å². The first-order valence-electron chi connectivity index (χ1n) is 8.24. The summed E-state index contributed by atoms with van der Waals surface area (Å²) in [5.41, 5.74) is 1.27. The zero-order valence-electron chi connectivity index (χ0n) is 14.3. The Kier molecular flexibility index (Phi) is 5.78. The van der Waals surface area contributed by atoms with Gasteiger partial charge in [0.1, 0.15) is 11.6 Å². The molecule has 1 N–H and O–H groups in total. The molecule has 0 aromatic heterocycles. The highest BCUT2D eigenvalue weighted by atomic mass is 32.2. The van der Waals surface area contributed by atoms with Crippen molar-refractivity contribution in [3.8, 4) is 5.75 Å². The van der Waals surface area contributed by atoms with Crippen molar-refractivity contribution in [1.29, 1.82) is 0 Å². The Hall–Kier alpha value is -2.54. The highest BCUT2D eigenvalue weighted by molar-refractivity contribution is 8.00. The molecule has 0 atom stereocenters. The van der Waals surface area contributed by atoms with Crippen molar-refractivity contribution in [2.75, 3.05) is 29.6 Å². The Bertz CT molecular complexity index is 828. The number of nitrogens with one attached hydrogen (secondary N) is 1. The number of carbonyl (C=O) groups excluding carboxylic acids is 2. The van der Waals surface area contributed by atoms with Crippen molar-refractivity contribution in [1.82, 2.24) is 0 Å². The van der Waals surface area contributed by atoms with Crippen molar-refractivity contribution >= 4 is 35.0 Å². The molecule has 0 radical (unpaired) electrons. The number of nitrogens with zero attached hydrogens (tertiary/aromatic N) is 1. The van der Waals surface area contributed by atoms with Gasteiger partial charge >= 0.3 is 0 Å². The van der Waals surface area contributed by atoms with Gasteiger partial charge in [0, 0.05) is 29.6 Å². The zero-order valence-corrected chi connectivity index (χ0v) is 15.1. The van der Waals surface area contributed by atoms with E-state index in [4.69, 9.17) is 4.74 Å².